The largest absolute Gasteiger partial charge is 0.507 e. The summed E-state index contributed by atoms with van der Waals surface area (Å²) in [6, 6.07) is 7.78. The van der Waals surface area contributed by atoms with Crippen molar-refractivity contribution >= 4 is 33.6 Å². The predicted molar refractivity (Wildman–Crippen MR) is 121 cm³/mol. The fourth-order valence-corrected chi connectivity index (χ4v) is 4.38. The first-order valence-electron chi connectivity index (χ1n) is 10.6. The molecule has 1 aliphatic heterocycles. The van der Waals surface area contributed by atoms with Gasteiger partial charge in [-0.2, -0.15) is 10.4 Å². The molecule has 0 unspecified atom stereocenters. The van der Waals surface area contributed by atoms with Crippen LogP contribution in [0.1, 0.15) is 48.0 Å². The highest BCUT2D eigenvalue weighted by molar-refractivity contribution is 9.10. The number of rotatable bonds is 7. The third kappa shape index (κ3) is 4.64. The number of aromatic hydroxyl groups is 1. The molecular weight excluding hydrogens is 476 g/mol. The van der Waals surface area contributed by atoms with Crippen LogP contribution in [0.15, 0.2) is 28.9 Å². The second-order valence-electron chi connectivity index (χ2n) is 8.58. The fourth-order valence-electron chi connectivity index (χ4n) is 4.13. The molecule has 9 nitrogen and oxygen atoms in total. The van der Waals surface area contributed by atoms with Crippen molar-refractivity contribution in [3.05, 3.63) is 40.0 Å². The summed E-state index contributed by atoms with van der Waals surface area (Å²) in [7, 11) is 0. The monoisotopic (exact) mass is 500 g/mol. The number of nitrogens with one attached hydrogen (secondary N) is 1. The molecule has 1 aromatic heterocycles. The maximum atomic E-state index is 12.2. The molecule has 168 valence electrons. The molecule has 2 heterocycles. The minimum absolute atomic E-state index is 0.0322. The maximum absolute atomic E-state index is 12.2. The Labute approximate surface area is 194 Å². The van der Waals surface area contributed by atoms with Gasteiger partial charge < -0.3 is 16.2 Å². The van der Waals surface area contributed by atoms with Gasteiger partial charge in [0.15, 0.2) is 5.82 Å². The zero-order valence-corrected chi connectivity index (χ0v) is 19.1. The van der Waals surface area contributed by atoms with Gasteiger partial charge in [-0.1, -0.05) is 6.07 Å². The summed E-state index contributed by atoms with van der Waals surface area (Å²) in [5.41, 5.74) is 6.10. The summed E-state index contributed by atoms with van der Waals surface area (Å²) in [6.45, 7) is 2.11. The smallest absolute Gasteiger partial charge is 0.254 e. The van der Waals surface area contributed by atoms with E-state index < -0.39 is 11.4 Å². The van der Waals surface area contributed by atoms with Gasteiger partial charge in [0.05, 0.1) is 22.5 Å². The number of nitriles is 1. The third-order valence-corrected chi connectivity index (χ3v) is 6.94. The summed E-state index contributed by atoms with van der Waals surface area (Å²) >= 11 is 3.29. The number of phenolic OH excluding ortho intramolecular Hbond substituents is 1. The van der Waals surface area contributed by atoms with Gasteiger partial charge in [0.25, 0.3) is 5.91 Å². The molecule has 2 amide bonds. The third-order valence-electron chi connectivity index (χ3n) is 6.27. The fraction of sp³-hybridized carbons (Fsp3) is 0.455. The van der Waals surface area contributed by atoms with E-state index in [0.717, 1.165) is 18.4 Å². The highest BCUT2D eigenvalue weighted by Gasteiger charge is 2.39. The van der Waals surface area contributed by atoms with Crippen LogP contribution < -0.4 is 11.1 Å². The molecule has 4 rings (SSSR count). The van der Waals surface area contributed by atoms with Crippen molar-refractivity contribution in [2.45, 2.75) is 44.2 Å². The highest BCUT2D eigenvalue weighted by Crippen LogP contribution is 2.36. The number of benzene rings is 1. The van der Waals surface area contributed by atoms with Gasteiger partial charge in [0, 0.05) is 31.7 Å². The number of primary amides is 1. The Morgan fingerprint density at radius 2 is 2.06 bits per heavy atom. The van der Waals surface area contributed by atoms with E-state index in [1.165, 1.54) is 0 Å². The summed E-state index contributed by atoms with van der Waals surface area (Å²) in [5.74, 6) is -0.481. The number of hydrogen-bond donors (Lipinski definition) is 3. The number of hydrogen-bond acceptors (Lipinski definition) is 6. The van der Waals surface area contributed by atoms with E-state index in [2.05, 4.69) is 37.3 Å². The number of carbonyl (C=O) groups excluding carboxylic acids is 2. The summed E-state index contributed by atoms with van der Waals surface area (Å²) in [4.78, 5) is 26.4. The standard InChI is InChI=1S/C22H25BrN6O3/c23-17-4-1-14(11-18(17)30)12-28-9-6-22(5-8-24,7-10-28)29-13-16(19(25)31)20(27-29)26-21(32)15-2-3-15/h1,4,11,13,15,30H,2-3,5-7,9-10,12H2,(H2,25,31)(H,26,27,32). The SMILES string of the molecule is N#CCC1(n2cc(C(N)=O)c(NC(=O)C3CC3)n2)CCN(Cc2ccc(Br)c(O)c2)CC1. The molecule has 2 aromatic rings. The first-order chi connectivity index (χ1) is 15.3. The number of nitrogens with zero attached hydrogens (tertiary/aromatic N) is 4. The molecule has 1 aromatic carbocycles. The van der Waals surface area contributed by atoms with Crippen LogP contribution in [0.4, 0.5) is 5.82 Å². The Hall–Kier alpha value is -2.90. The number of amides is 2. The van der Waals surface area contributed by atoms with Crippen LogP contribution in [0.2, 0.25) is 0 Å². The van der Waals surface area contributed by atoms with Gasteiger partial charge in [0.2, 0.25) is 5.91 Å². The van der Waals surface area contributed by atoms with Crippen molar-refractivity contribution in [3.8, 4) is 11.8 Å². The molecule has 0 atom stereocenters. The van der Waals surface area contributed by atoms with Crippen molar-refractivity contribution < 1.29 is 14.7 Å². The first kappa shape index (κ1) is 22.3. The zero-order chi connectivity index (χ0) is 22.9. The van der Waals surface area contributed by atoms with Crippen LogP contribution in [-0.2, 0) is 16.9 Å². The predicted octanol–water partition coefficient (Wildman–Crippen LogP) is 2.70. The molecule has 4 N–H and O–H groups in total. The van der Waals surface area contributed by atoms with Gasteiger partial charge >= 0.3 is 0 Å². The Bertz CT molecular complexity index is 1080. The van der Waals surface area contributed by atoms with E-state index in [4.69, 9.17) is 5.73 Å². The van der Waals surface area contributed by atoms with Gasteiger partial charge in [-0.15, -0.1) is 0 Å². The second-order valence-corrected chi connectivity index (χ2v) is 9.44. The van der Waals surface area contributed by atoms with Gasteiger partial charge in [-0.3, -0.25) is 19.2 Å². The van der Waals surface area contributed by atoms with Crippen molar-refractivity contribution in [1.82, 2.24) is 14.7 Å². The van der Waals surface area contributed by atoms with Crippen LogP contribution in [0.3, 0.4) is 0 Å². The molecule has 1 saturated carbocycles. The Morgan fingerprint density at radius 3 is 2.66 bits per heavy atom. The molecule has 10 heteroatoms. The molecule has 0 bridgehead atoms. The number of carbonyl (C=O) groups is 2. The average Bonchev–Trinajstić information content (AvgIpc) is 3.52. The van der Waals surface area contributed by atoms with Crippen LogP contribution in [0.5, 0.6) is 5.75 Å². The van der Waals surface area contributed by atoms with Crippen molar-refractivity contribution in [1.29, 1.82) is 5.26 Å². The average molecular weight is 501 g/mol. The highest BCUT2D eigenvalue weighted by atomic mass is 79.9. The number of halogens is 1. The molecule has 0 radical (unpaired) electrons. The summed E-state index contributed by atoms with van der Waals surface area (Å²) < 4.78 is 2.31. The van der Waals surface area contributed by atoms with Crippen molar-refractivity contribution in [2.75, 3.05) is 18.4 Å². The zero-order valence-electron chi connectivity index (χ0n) is 17.6. The van der Waals surface area contributed by atoms with Gasteiger partial charge in [0.1, 0.15) is 11.3 Å². The molecule has 1 aliphatic carbocycles. The van der Waals surface area contributed by atoms with Crippen molar-refractivity contribution in [3.63, 3.8) is 0 Å². The molecule has 2 fully saturated rings. The van der Waals surface area contributed by atoms with E-state index in [1.54, 1.807) is 16.9 Å². The number of aromatic nitrogens is 2. The maximum Gasteiger partial charge on any atom is 0.254 e. The van der Waals surface area contributed by atoms with E-state index in [0.29, 0.717) is 36.9 Å². The van der Waals surface area contributed by atoms with Crippen LogP contribution >= 0.6 is 15.9 Å². The Balaban J connectivity index is 1.51. The lowest BCUT2D eigenvalue weighted by molar-refractivity contribution is -0.117. The Morgan fingerprint density at radius 1 is 1.34 bits per heavy atom. The molecule has 2 aliphatic rings. The normalized spacial score (nSPS) is 18.1. The quantitative estimate of drug-likeness (QED) is 0.534. The summed E-state index contributed by atoms with van der Waals surface area (Å²) in [6.07, 6.45) is 4.77. The molecule has 32 heavy (non-hydrogen) atoms. The molecule has 1 saturated heterocycles. The number of piperidine rings is 1. The van der Waals surface area contributed by atoms with Gasteiger partial charge in [-0.25, -0.2) is 0 Å². The van der Waals surface area contributed by atoms with E-state index in [-0.39, 0.29) is 35.4 Å². The summed E-state index contributed by atoms with van der Waals surface area (Å²) in [5, 5.41) is 26.7. The topological polar surface area (TPSA) is 137 Å². The number of likely N-dealkylation sites (tertiary alicyclic amines) is 1. The second kappa shape index (κ2) is 8.92. The number of nitrogens with two attached hydrogens (primary N) is 1. The minimum Gasteiger partial charge on any atom is -0.507 e. The Kier molecular flexibility index (Phi) is 6.22. The van der Waals surface area contributed by atoms with Crippen LogP contribution in [0, 0.1) is 17.2 Å². The minimum atomic E-state index is -0.665. The van der Waals surface area contributed by atoms with Crippen LogP contribution in [-0.4, -0.2) is 44.7 Å². The lowest BCUT2D eigenvalue weighted by Crippen LogP contribution is -2.46. The lowest BCUT2D eigenvalue weighted by Gasteiger charge is -2.40. The van der Waals surface area contributed by atoms with Gasteiger partial charge in [-0.05, 0) is 59.3 Å². The van der Waals surface area contributed by atoms with E-state index >= 15 is 0 Å². The van der Waals surface area contributed by atoms with E-state index in [1.807, 2.05) is 12.1 Å². The lowest BCUT2D eigenvalue weighted by atomic mass is 9.84. The molecular formula is C22H25BrN6O3. The first-order valence-corrected chi connectivity index (χ1v) is 11.4. The molecule has 0 spiro atoms. The number of phenols is 1. The van der Waals surface area contributed by atoms with Crippen molar-refractivity contribution in [2.24, 2.45) is 11.7 Å². The van der Waals surface area contributed by atoms with E-state index in [9.17, 15) is 20.0 Å². The van der Waals surface area contributed by atoms with Crippen LogP contribution in [0.25, 0.3) is 0 Å². The number of anilines is 1.